The van der Waals surface area contributed by atoms with Gasteiger partial charge in [-0.15, -0.1) is 23.2 Å². The van der Waals surface area contributed by atoms with Crippen LogP contribution in [0.5, 0.6) is 5.75 Å². The largest absolute Gasteiger partial charge is 0.484 e. The van der Waals surface area contributed by atoms with E-state index >= 15 is 0 Å². The summed E-state index contributed by atoms with van der Waals surface area (Å²) in [6.07, 6.45) is 0. The van der Waals surface area contributed by atoms with Gasteiger partial charge in [-0.2, -0.15) is 5.10 Å². The summed E-state index contributed by atoms with van der Waals surface area (Å²) in [5.74, 6) is 0.659. The summed E-state index contributed by atoms with van der Waals surface area (Å²) >= 11 is 11.1. The monoisotopic (exact) mass is 302 g/mol. The van der Waals surface area contributed by atoms with Gasteiger partial charge in [0.1, 0.15) is 5.75 Å². The molecule has 0 heterocycles. The Bertz CT molecular complexity index is 470. The van der Waals surface area contributed by atoms with Gasteiger partial charge < -0.3 is 4.74 Å². The van der Waals surface area contributed by atoms with Crippen LogP contribution in [0.3, 0.4) is 0 Å². The Kier molecular flexibility index (Phi) is 6.67. The molecule has 19 heavy (non-hydrogen) atoms. The van der Waals surface area contributed by atoms with E-state index in [1.54, 1.807) is 0 Å². The van der Waals surface area contributed by atoms with Gasteiger partial charge in [0.25, 0.3) is 5.91 Å². The lowest BCUT2D eigenvalue weighted by Gasteiger charge is -2.07. The van der Waals surface area contributed by atoms with E-state index in [4.69, 9.17) is 27.9 Å². The van der Waals surface area contributed by atoms with Gasteiger partial charge in [0.05, 0.1) is 17.5 Å². The summed E-state index contributed by atoms with van der Waals surface area (Å²) in [4.78, 5) is 11.5. The third-order valence-corrected chi connectivity index (χ3v) is 3.11. The van der Waals surface area contributed by atoms with Gasteiger partial charge in [0.15, 0.2) is 6.61 Å². The van der Waals surface area contributed by atoms with Crippen molar-refractivity contribution in [2.24, 2.45) is 5.10 Å². The molecule has 0 saturated heterocycles. The third-order valence-electron chi connectivity index (χ3n) is 2.50. The second-order valence-electron chi connectivity index (χ2n) is 4.02. The SMILES string of the molecule is Cc1ccc(OCC(=O)NN=C(CCl)CCl)cc1C. The molecule has 0 spiro atoms. The zero-order chi connectivity index (χ0) is 14.3. The molecule has 0 aliphatic rings. The summed E-state index contributed by atoms with van der Waals surface area (Å²) in [7, 11) is 0. The number of rotatable bonds is 6. The van der Waals surface area contributed by atoms with Crippen LogP contribution in [0.1, 0.15) is 11.1 Å². The number of aryl methyl sites for hydroxylation is 2. The van der Waals surface area contributed by atoms with Gasteiger partial charge in [-0.25, -0.2) is 5.43 Å². The number of alkyl halides is 2. The Labute approximate surface area is 122 Å². The molecular weight excluding hydrogens is 287 g/mol. The number of carbonyl (C=O) groups excluding carboxylic acids is 1. The maximum atomic E-state index is 11.5. The average Bonchev–Trinajstić information content (AvgIpc) is 2.41. The number of hydrogen-bond donors (Lipinski definition) is 1. The lowest BCUT2D eigenvalue weighted by molar-refractivity contribution is -0.123. The molecule has 1 N–H and O–H groups in total. The van der Waals surface area contributed by atoms with E-state index in [9.17, 15) is 4.79 Å². The highest BCUT2D eigenvalue weighted by Crippen LogP contribution is 2.16. The lowest BCUT2D eigenvalue weighted by atomic mass is 10.1. The molecule has 1 rings (SSSR count). The molecule has 0 saturated carbocycles. The second kappa shape index (κ2) is 8.02. The van der Waals surface area contributed by atoms with E-state index in [1.807, 2.05) is 32.0 Å². The molecule has 0 fully saturated rings. The first-order chi connectivity index (χ1) is 9.06. The molecule has 104 valence electrons. The molecule has 0 radical (unpaired) electrons. The van der Waals surface area contributed by atoms with Crippen molar-refractivity contribution < 1.29 is 9.53 Å². The minimum atomic E-state index is -0.356. The molecular formula is C13H16Cl2N2O2. The van der Waals surface area contributed by atoms with E-state index in [0.29, 0.717) is 11.5 Å². The minimum Gasteiger partial charge on any atom is -0.484 e. The fraction of sp³-hybridized carbons (Fsp3) is 0.385. The van der Waals surface area contributed by atoms with Gasteiger partial charge >= 0.3 is 0 Å². The number of amides is 1. The summed E-state index contributed by atoms with van der Waals surface area (Å²) in [6, 6.07) is 5.65. The smallest absolute Gasteiger partial charge is 0.277 e. The molecule has 1 amide bonds. The van der Waals surface area contributed by atoms with Crippen LogP contribution in [0.15, 0.2) is 23.3 Å². The number of carbonyl (C=O) groups is 1. The lowest BCUT2D eigenvalue weighted by Crippen LogP contribution is -2.26. The van der Waals surface area contributed by atoms with Crippen LogP contribution in [0.25, 0.3) is 0 Å². The third kappa shape index (κ3) is 5.49. The van der Waals surface area contributed by atoms with Crippen LogP contribution in [0.4, 0.5) is 0 Å². The normalized spacial score (nSPS) is 9.89. The van der Waals surface area contributed by atoms with Crippen LogP contribution >= 0.6 is 23.2 Å². The van der Waals surface area contributed by atoms with E-state index in [-0.39, 0.29) is 24.3 Å². The average molecular weight is 303 g/mol. The van der Waals surface area contributed by atoms with Crippen molar-refractivity contribution in [3.05, 3.63) is 29.3 Å². The fourth-order valence-electron chi connectivity index (χ4n) is 1.22. The van der Waals surface area contributed by atoms with E-state index in [0.717, 1.165) is 5.56 Å². The first-order valence-corrected chi connectivity index (χ1v) is 6.80. The summed E-state index contributed by atoms with van der Waals surface area (Å²) in [5.41, 5.74) is 5.13. The number of benzene rings is 1. The Balaban J connectivity index is 2.46. The molecule has 6 heteroatoms. The number of hydrazone groups is 1. The number of ether oxygens (including phenoxy) is 1. The van der Waals surface area contributed by atoms with E-state index in [1.165, 1.54) is 5.56 Å². The Morgan fingerprint density at radius 1 is 1.26 bits per heavy atom. The van der Waals surface area contributed by atoms with Gasteiger partial charge in [-0.1, -0.05) is 6.07 Å². The Morgan fingerprint density at radius 3 is 2.53 bits per heavy atom. The highest BCUT2D eigenvalue weighted by molar-refractivity contribution is 6.37. The molecule has 0 atom stereocenters. The van der Waals surface area contributed by atoms with Crippen molar-refractivity contribution >= 4 is 34.8 Å². The quantitative estimate of drug-likeness (QED) is 0.499. The van der Waals surface area contributed by atoms with Crippen LogP contribution in [-0.4, -0.2) is 30.0 Å². The number of nitrogens with zero attached hydrogens (tertiary/aromatic N) is 1. The van der Waals surface area contributed by atoms with Gasteiger partial charge in [0, 0.05) is 0 Å². The van der Waals surface area contributed by atoms with Crippen molar-refractivity contribution in [1.29, 1.82) is 0 Å². The summed E-state index contributed by atoms with van der Waals surface area (Å²) < 4.78 is 5.36. The van der Waals surface area contributed by atoms with Crippen molar-refractivity contribution in [3.63, 3.8) is 0 Å². The Morgan fingerprint density at radius 2 is 1.95 bits per heavy atom. The van der Waals surface area contributed by atoms with Gasteiger partial charge in [0.2, 0.25) is 0 Å². The molecule has 1 aromatic rings. The van der Waals surface area contributed by atoms with Crippen LogP contribution in [-0.2, 0) is 4.79 Å². The van der Waals surface area contributed by atoms with Crippen LogP contribution in [0, 0.1) is 13.8 Å². The molecule has 0 aliphatic carbocycles. The molecule has 1 aromatic carbocycles. The van der Waals surface area contributed by atoms with Crippen molar-refractivity contribution in [1.82, 2.24) is 5.43 Å². The molecule has 0 bridgehead atoms. The van der Waals surface area contributed by atoms with Crippen LogP contribution in [0.2, 0.25) is 0 Å². The molecule has 0 unspecified atom stereocenters. The standard InChI is InChI=1S/C13H16Cl2N2O2/c1-9-3-4-12(5-10(9)2)19-8-13(18)17-16-11(6-14)7-15/h3-5H,6-8H2,1-2H3,(H,17,18). The fourth-order valence-corrected chi connectivity index (χ4v) is 1.63. The van der Waals surface area contributed by atoms with Crippen molar-refractivity contribution in [2.75, 3.05) is 18.4 Å². The molecule has 0 aliphatic heterocycles. The van der Waals surface area contributed by atoms with Crippen LogP contribution < -0.4 is 10.2 Å². The highest BCUT2D eigenvalue weighted by atomic mass is 35.5. The predicted octanol–water partition coefficient (Wildman–Crippen LogP) is 2.63. The summed E-state index contributed by atoms with van der Waals surface area (Å²) in [5, 5.41) is 3.78. The predicted molar refractivity (Wildman–Crippen MR) is 78.4 cm³/mol. The maximum Gasteiger partial charge on any atom is 0.277 e. The second-order valence-corrected chi connectivity index (χ2v) is 4.55. The number of halogens is 2. The summed E-state index contributed by atoms with van der Waals surface area (Å²) in [6.45, 7) is 3.89. The zero-order valence-electron chi connectivity index (χ0n) is 10.9. The van der Waals surface area contributed by atoms with Gasteiger partial charge in [-0.05, 0) is 37.1 Å². The first-order valence-electron chi connectivity index (χ1n) is 5.73. The zero-order valence-corrected chi connectivity index (χ0v) is 12.4. The van der Waals surface area contributed by atoms with E-state index < -0.39 is 0 Å². The Hall–Kier alpha value is -1.26. The number of nitrogens with one attached hydrogen (secondary N) is 1. The molecule has 0 aromatic heterocycles. The number of hydrogen-bond acceptors (Lipinski definition) is 3. The van der Waals surface area contributed by atoms with E-state index in [2.05, 4.69) is 10.5 Å². The van der Waals surface area contributed by atoms with Gasteiger partial charge in [-0.3, -0.25) is 4.79 Å². The maximum absolute atomic E-state index is 11.5. The van der Waals surface area contributed by atoms with Crippen molar-refractivity contribution in [3.8, 4) is 5.75 Å². The highest BCUT2D eigenvalue weighted by Gasteiger charge is 2.03. The molecule has 4 nitrogen and oxygen atoms in total. The van der Waals surface area contributed by atoms with Crippen molar-refractivity contribution in [2.45, 2.75) is 13.8 Å². The topological polar surface area (TPSA) is 50.7 Å². The minimum absolute atomic E-state index is 0.107. The first kappa shape index (κ1) is 15.8.